The van der Waals surface area contributed by atoms with Crippen LogP contribution < -0.4 is 10.1 Å². The van der Waals surface area contributed by atoms with E-state index in [4.69, 9.17) is 27.9 Å². The summed E-state index contributed by atoms with van der Waals surface area (Å²) in [5.74, 6) is 0.468. The minimum absolute atomic E-state index is 0.468. The van der Waals surface area contributed by atoms with E-state index in [0.717, 1.165) is 5.56 Å². The number of rotatable bonds is 2. The molecule has 19 heavy (non-hydrogen) atoms. The molecule has 0 aromatic heterocycles. The maximum absolute atomic E-state index is 11.7. The number of anilines is 1. The van der Waals surface area contributed by atoms with Crippen molar-refractivity contribution in [2.24, 2.45) is 0 Å². The Labute approximate surface area is 121 Å². The lowest BCUT2D eigenvalue weighted by atomic mass is 10.2. The largest absolute Gasteiger partial charge is 0.417 e. The van der Waals surface area contributed by atoms with E-state index in [1.54, 1.807) is 42.5 Å². The van der Waals surface area contributed by atoms with Gasteiger partial charge in [0, 0.05) is 15.7 Å². The van der Waals surface area contributed by atoms with Crippen molar-refractivity contribution in [2.75, 3.05) is 5.32 Å². The highest BCUT2D eigenvalue weighted by Gasteiger charge is 2.07. The lowest BCUT2D eigenvalue weighted by Crippen LogP contribution is -2.17. The number of carbonyl (C=O) groups is 1. The molecule has 0 fully saturated rings. The number of ether oxygens (including phenoxy) is 1. The van der Waals surface area contributed by atoms with Crippen LogP contribution >= 0.6 is 23.2 Å². The number of aryl methyl sites for hydroxylation is 1. The molecular formula is C14H11Cl2NO2. The van der Waals surface area contributed by atoms with E-state index in [-0.39, 0.29) is 0 Å². The summed E-state index contributed by atoms with van der Waals surface area (Å²) in [6.07, 6.45) is -0.562. The first-order valence-electron chi connectivity index (χ1n) is 5.55. The van der Waals surface area contributed by atoms with Crippen LogP contribution in [0.15, 0.2) is 42.5 Å². The monoisotopic (exact) mass is 295 g/mol. The second-order valence-electron chi connectivity index (χ2n) is 3.93. The molecule has 0 saturated carbocycles. The summed E-state index contributed by atoms with van der Waals surface area (Å²) in [5, 5.41) is 3.81. The molecule has 0 atom stereocenters. The van der Waals surface area contributed by atoms with Crippen LogP contribution in [0.5, 0.6) is 5.75 Å². The first-order chi connectivity index (χ1) is 9.04. The minimum atomic E-state index is -0.562. The normalized spacial score (nSPS) is 10.1. The highest BCUT2D eigenvalue weighted by Crippen LogP contribution is 2.22. The van der Waals surface area contributed by atoms with Gasteiger partial charge in [-0.2, -0.15) is 0 Å². The minimum Gasteiger partial charge on any atom is -0.410 e. The third-order valence-corrected chi connectivity index (χ3v) is 2.92. The molecule has 2 aromatic rings. The van der Waals surface area contributed by atoms with E-state index < -0.39 is 6.09 Å². The van der Waals surface area contributed by atoms with E-state index >= 15 is 0 Å². The zero-order valence-electron chi connectivity index (χ0n) is 10.1. The van der Waals surface area contributed by atoms with Crippen molar-refractivity contribution in [3.63, 3.8) is 0 Å². The smallest absolute Gasteiger partial charge is 0.410 e. The predicted octanol–water partition coefficient (Wildman–Crippen LogP) is 4.91. The van der Waals surface area contributed by atoms with Gasteiger partial charge in [0.25, 0.3) is 0 Å². The molecule has 2 rings (SSSR count). The average Bonchev–Trinajstić information content (AvgIpc) is 2.36. The number of amides is 1. The molecule has 0 spiro atoms. The highest BCUT2D eigenvalue weighted by atomic mass is 35.5. The van der Waals surface area contributed by atoms with Crippen LogP contribution in [0, 0.1) is 6.92 Å². The lowest BCUT2D eigenvalue weighted by Gasteiger charge is -2.09. The van der Waals surface area contributed by atoms with Crippen LogP contribution in [0.25, 0.3) is 0 Å². The Hall–Kier alpha value is -1.71. The zero-order valence-corrected chi connectivity index (χ0v) is 11.6. The van der Waals surface area contributed by atoms with Gasteiger partial charge in [-0.05, 0) is 55.0 Å². The number of halogens is 2. The summed E-state index contributed by atoms with van der Waals surface area (Å²) in [6.45, 7) is 1.82. The van der Waals surface area contributed by atoms with Crippen molar-refractivity contribution in [3.05, 3.63) is 58.1 Å². The number of nitrogens with one attached hydrogen (secondary N) is 1. The lowest BCUT2D eigenvalue weighted by molar-refractivity contribution is 0.215. The molecule has 98 valence electrons. The fraction of sp³-hybridized carbons (Fsp3) is 0.0714. The summed E-state index contributed by atoms with van der Waals surface area (Å²) >= 11 is 11.6. The van der Waals surface area contributed by atoms with Crippen molar-refractivity contribution < 1.29 is 9.53 Å². The standard InChI is InChI=1S/C14H11Cl2NO2/c1-9-8-11(16)4-7-13(9)19-14(18)17-12-5-2-10(15)3-6-12/h2-8H,1H3,(H,17,18). The molecule has 2 aromatic carbocycles. The van der Waals surface area contributed by atoms with Crippen molar-refractivity contribution >= 4 is 35.0 Å². The molecular weight excluding hydrogens is 285 g/mol. The van der Waals surface area contributed by atoms with Crippen molar-refractivity contribution in [1.29, 1.82) is 0 Å². The number of hydrogen-bond acceptors (Lipinski definition) is 2. The Morgan fingerprint density at radius 2 is 1.68 bits per heavy atom. The van der Waals surface area contributed by atoms with Crippen LogP contribution in [-0.4, -0.2) is 6.09 Å². The van der Waals surface area contributed by atoms with Crippen molar-refractivity contribution in [1.82, 2.24) is 0 Å². The molecule has 0 saturated heterocycles. The fourth-order valence-electron chi connectivity index (χ4n) is 1.50. The number of carbonyl (C=O) groups excluding carboxylic acids is 1. The van der Waals surface area contributed by atoms with Gasteiger partial charge in [0.2, 0.25) is 0 Å². The SMILES string of the molecule is Cc1cc(Cl)ccc1OC(=O)Nc1ccc(Cl)cc1. The topological polar surface area (TPSA) is 38.3 Å². The molecule has 0 radical (unpaired) electrons. The van der Waals surface area contributed by atoms with E-state index in [0.29, 0.717) is 21.5 Å². The molecule has 5 heteroatoms. The van der Waals surface area contributed by atoms with Crippen molar-refractivity contribution in [3.8, 4) is 5.75 Å². The Morgan fingerprint density at radius 1 is 1.05 bits per heavy atom. The van der Waals surface area contributed by atoms with E-state index in [1.807, 2.05) is 6.92 Å². The second-order valence-corrected chi connectivity index (χ2v) is 4.80. The predicted molar refractivity (Wildman–Crippen MR) is 77.3 cm³/mol. The van der Waals surface area contributed by atoms with Gasteiger partial charge in [-0.15, -0.1) is 0 Å². The molecule has 0 bridgehead atoms. The van der Waals surface area contributed by atoms with E-state index in [9.17, 15) is 4.79 Å². The molecule has 3 nitrogen and oxygen atoms in total. The van der Waals surface area contributed by atoms with Gasteiger partial charge in [-0.25, -0.2) is 4.79 Å². The Morgan fingerprint density at radius 3 is 2.32 bits per heavy atom. The summed E-state index contributed by atoms with van der Waals surface area (Å²) in [6, 6.07) is 11.8. The van der Waals surface area contributed by atoms with Crippen LogP contribution in [0.4, 0.5) is 10.5 Å². The van der Waals surface area contributed by atoms with Crippen molar-refractivity contribution in [2.45, 2.75) is 6.92 Å². The van der Waals surface area contributed by atoms with Gasteiger partial charge < -0.3 is 4.74 Å². The van der Waals surface area contributed by atoms with Crippen LogP contribution in [0.3, 0.4) is 0 Å². The Balaban J connectivity index is 2.03. The summed E-state index contributed by atoms with van der Waals surface area (Å²) in [4.78, 5) is 11.7. The van der Waals surface area contributed by atoms with Crippen LogP contribution in [0.2, 0.25) is 10.0 Å². The third-order valence-electron chi connectivity index (χ3n) is 2.43. The summed E-state index contributed by atoms with van der Waals surface area (Å²) in [5.41, 5.74) is 1.40. The molecule has 0 aliphatic heterocycles. The van der Waals surface area contributed by atoms with E-state index in [2.05, 4.69) is 5.32 Å². The first-order valence-corrected chi connectivity index (χ1v) is 6.31. The van der Waals surface area contributed by atoms with Gasteiger partial charge in [0.1, 0.15) is 5.75 Å². The molecule has 0 heterocycles. The summed E-state index contributed by atoms with van der Waals surface area (Å²) in [7, 11) is 0. The van der Waals surface area contributed by atoms with Gasteiger partial charge in [0.15, 0.2) is 0 Å². The van der Waals surface area contributed by atoms with Gasteiger partial charge >= 0.3 is 6.09 Å². The van der Waals surface area contributed by atoms with Crippen LogP contribution in [-0.2, 0) is 0 Å². The molecule has 1 amide bonds. The number of hydrogen-bond donors (Lipinski definition) is 1. The van der Waals surface area contributed by atoms with Gasteiger partial charge in [0.05, 0.1) is 0 Å². The zero-order chi connectivity index (χ0) is 13.8. The Bertz CT molecular complexity index is 597. The quantitative estimate of drug-likeness (QED) is 0.854. The van der Waals surface area contributed by atoms with Crippen LogP contribution in [0.1, 0.15) is 5.56 Å². The van der Waals surface area contributed by atoms with Gasteiger partial charge in [-0.1, -0.05) is 23.2 Å². The Kier molecular flexibility index (Phi) is 4.30. The maximum atomic E-state index is 11.7. The van der Waals surface area contributed by atoms with E-state index in [1.165, 1.54) is 0 Å². The molecule has 1 N–H and O–H groups in total. The molecule has 0 aliphatic rings. The number of benzene rings is 2. The fourth-order valence-corrected chi connectivity index (χ4v) is 1.86. The highest BCUT2D eigenvalue weighted by molar-refractivity contribution is 6.31. The maximum Gasteiger partial charge on any atom is 0.417 e. The average molecular weight is 296 g/mol. The summed E-state index contributed by atoms with van der Waals surface area (Å²) < 4.78 is 5.19. The van der Waals surface area contributed by atoms with Gasteiger partial charge in [-0.3, -0.25) is 5.32 Å². The molecule has 0 aliphatic carbocycles. The molecule has 0 unspecified atom stereocenters. The first kappa shape index (κ1) is 13.7. The third kappa shape index (κ3) is 3.88. The second kappa shape index (κ2) is 5.95.